The van der Waals surface area contributed by atoms with Crippen LogP contribution in [0.5, 0.6) is 0 Å². The molecule has 19 heavy (non-hydrogen) atoms. The molecule has 1 rings (SSSR count). The lowest BCUT2D eigenvalue weighted by Gasteiger charge is -2.05. The molecule has 5 heteroatoms. The zero-order valence-corrected chi connectivity index (χ0v) is 12.6. The number of esters is 1. The van der Waals surface area contributed by atoms with Gasteiger partial charge in [0.25, 0.3) is 0 Å². The smallest absolute Gasteiger partial charge is 0.341 e. The molecule has 0 fully saturated rings. The van der Waals surface area contributed by atoms with Crippen LogP contribution in [0, 0.1) is 6.92 Å². The molecule has 0 spiro atoms. The third-order valence-electron chi connectivity index (χ3n) is 2.61. The van der Waals surface area contributed by atoms with Gasteiger partial charge in [0, 0.05) is 11.3 Å². The second-order valence-electron chi connectivity index (χ2n) is 4.33. The van der Waals surface area contributed by atoms with Gasteiger partial charge in [-0.05, 0) is 26.3 Å². The Morgan fingerprint density at radius 1 is 1.32 bits per heavy atom. The van der Waals surface area contributed by atoms with Crippen LogP contribution in [0.15, 0.2) is 6.07 Å². The Morgan fingerprint density at radius 3 is 2.68 bits per heavy atom. The van der Waals surface area contributed by atoms with Crippen molar-refractivity contribution in [2.24, 2.45) is 0 Å². The molecular formula is C14H21NO3S. The molecule has 0 aliphatic heterocycles. The first-order chi connectivity index (χ1) is 9.08. The van der Waals surface area contributed by atoms with E-state index in [2.05, 4.69) is 12.2 Å². The molecule has 1 amide bonds. The van der Waals surface area contributed by atoms with Gasteiger partial charge in [-0.15, -0.1) is 11.3 Å². The van der Waals surface area contributed by atoms with Gasteiger partial charge in [-0.2, -0.15) is 0 Å². The molecule has 1 aromatic rings. The number of carbonyl (C=O) groups is 2. The van der Waals surface area contributed by atoms with Gasteiger partial charge in [0.05, 0.1) is 12.2 Å². The standard InChI is InChI=1S/C14H21NO3S/c1-4-6-7-8-12(16)15-13-11(9-10(3)19-13)14(17)18-5-2/h9H,4-8H2,1-3H3,(H,15,16). The molecule has 106 valence electrons. The highest BCUT2D eigenvalue weighted by Gasteiger charge is 2.17. The third-order valence-corrected chi connectivity index (χ3v) is 3.58. The van der Waals surface area contributed by atoms with Gasteiger partial charge in [0.2, 0.25) is 5.91 Å². The number of carbonyl (C=O) groups excluding carboxylic acids is 2. The minimum Gasteiger partial charge on any atom is -0.462 e. The van der Waals surface area contributed by atoms with E-state index in [1.807, 2.05) is 6.92 Å². The molecule has 0 atom stereocenters. The summed E-state index contributed by atoms with van der Waals surface area (Å²) in [7, 11) is 0. The number of nitrogens with one attached hydrogen (secondary N) is 1. The number of aryl methyl sites for hydroxylation is 1. The molecular weight excluding hydrogens is 262 g/mol. The van der Waals surface area contributed by atoms with Crippen LogP contribution in [-0.4, -0.2) is 18.5 Å². The first-order valence-electron chi connectivity index (χ1n) is 6.65. The lowest BCUT2D eigenvalue weighted by Crippen LogP contribution is -2.13. The fourth-order valence-electron chi connectivity index (χ4n) is 1.69. The zero-order chi connectivity index (χ0) is 14.3. The van der Waals surface area contributed by atoms with E-state index in [1.54, 1.807) is 13.0 Å². The highest BCUT2D eigenvalue weighted by Crippen LogP contribution is 2.28. The number of ether oxygens (including phenoxy) is 1. The topological polar surface area (TPSA) is 55.4 Å². The Labute approximate surface area is 118 Å². The second-order valence-corrected chi connectivity index (χ2v) is 5.58. The summed E-state index contributed by atoms with van der Waals surface area (Å²) in [6.45, 7) is 6.09. The Morgan fingerprint density at radius 2 is 2.05 bits per heavy atom. The highest BCUT2D eigenvalue weighted by atomic mass is 32.1. The van der Waals surface area contributed by atoms with Gasteiger partial charge in [-0.1, -0.05) is 19.8 Å². The lowest BCUT2D eigenvalue weighted by molar-refractivity contribution is -0.116. The Hall–Kier alpha value is -1.36. The summed E-state index contributed by atoms with van der Waals surface area (Å²) in [5, 5.41) is 3.40. The maximum Gasteiger partial charge on any atom is 0.341 e. The van der Waals surface area contributed by atoms with Gasteiger partial charge < -0.3 is 10.1 Å². The van der Waals surface area contributed by atoms with E-state index in [-0.39, 0.29) is 11.9 Å². The van der Waals surface area contributed by atoms with Crippen LogP contribution in [0.2, 0.25) is 0 Å². The molecule has 0 aromatic carbocycles. The molecule has 0 radical (unpaired) electrons. The van der Waals surface area contributed by atoms with Gasteiger partial charge in [-0.25, -0.2) is 4.79 Å². The number of amides is 1. The second kappa shape index (κ2) is 7.94. The SMILES string of the molecule is CCCCCC(=O)Nc1sc(C)cc1C(=O)OCC. The number of hydrogen-bond acceptors (Lipinski definition) is 4. The van der Waals surface area contributed by atoms with E-state index < -0.39 is 0 Å². The highest BCUT2D eigenvalue weighted by molar-refractivity contribution is 7.16. The van der Waals surface area contributed by atoms with Crippen molar-refractivity contribution in [2.45, 2.75) is 46.5 Å². The van der Waals surface area contributed by atoms with Crippen LogP contribution in [0.3, 0.4) is 0 Å². The van der Waals surface area contributed by atoms with Crippen molar-refractivity contribution in [1.82, 2.24) is 0 Å². The lowest BCUT2D eigenvalue weighted by atomic mass is 10.2. The molecule has 1 heterocycles. The van der Waals surface area contributed by atoms with Crippen molar-refractivity contribution in [3.8, 4) is 0 Å². The summed E-state index contributed by atoms with van der Waals surface area (Å²) in [5.74, 6) is -0.420. The minimum atomic E-state index is -0.379. The van der Waals surface area contributed by atoms with Gasteiger partial charge >= 0.3 is 5.97 Å². The summed E-state index contributed by atoms with van der Waals surface area (Å²) in [4.78, 5) is 24.5. The van der Waals surface area contributed by atoms with E-state index in [4.69, 9.17) is 4.74 Å². The van der Waals surface area contributed by atoms with Gasteiger partial charge in [-0.3, -0.25) is 4.79 Å². The van der Waals surface area contributed by atoms with E-state index in [0.717, 1.165) is 24.1 Å². The average molecular weight is 283 g/mol. The molecule has 0 aliphatic carbocycles. The maximum absolute atomic E-state index is 11.8. The van der Waals surface area contributed by atoms with E-state index in [0.29, 0.717) is 23.6 Å². The average Bonchev–Trinajstić information content (AvgIpc) is 2.71. The van der Waals surface area contributed by atoms with Gasteiger partial charge in [0.1, 0.15) is 5.00 Å². The van der Waals surface area contributed by atoms with Crippen LogP contribution in [0.1, 0.15) is 54.8 Å². The largest absolute Gasteiger partial charge is 0.462 e. The van der Waals surface area contributed by atoms with Crippen LogP contribution < -0.4 is 5.32 Å². The Bertz CT molecular complexity index is 440. The maximum atomic E-state index is 11.8. The fourth-order valence-corrected chi connectivity index (χ4v) is 2.61. The Kier molecular flexibility index (Phi) is 6.56. The molecule has 0 bridgehead atoms. The van der Waals surface area contributed by atoms with Crippen LogP contribution >= 0.6 is 11.3 Å². The minimum absolute atomic E-state index is 0.0409. The van der Waals surface area contributed by atoms with Crippen LogP contribution in [0.4, 0.5) is 5.00 Å². The first-order valence-corrected chi connectivity index (χ1v) is 7.47. The monoisotopic (exact) mass is 283 g/mol. The molecule has 4 nitrogen and oxygen atoms in total. The van der Waals surface area contributed by atoms with Crippen LogP contribution in [-0.2, 0) is 9.53 Å². The summed E-state index contributed by atoms with van der Waals surface area (Å²) >= 11 is 1.40. The number of hydrogen-bond donors (Lipinski definition) is 1. The van der Waals surface area contributed by atoms with Crippen molar-refractivity contribution in [3.63, 3.8) is 0 Å². The summed E-state index contributed by atoms with van der Waals surface area (Å²) < 4.78 is 4.98. The summed E-state index contributed by atoms with van der Waals surface area (Å²) in [5.41, 5.74) is 0.452. The zero-order valence-electron chi connectivity index (χ0n) is 11.7. The predicted octanol–water partition coefficient (Wildman–Crippen LogP) is 3.75. The van der Waals surface area contributed by atoms with Crippen molar-refractivity contribution in [3.05, 3.63) is 16.5 Å². The molecule has 1 aromatic heterocycles. The van der Waals surface area contributed by atoms with Crippen LogP contribution in [0.25, 0.3) is 0 Å². The third kappa shape index (κ3) is 5.03. The fraction of sp³-hybridized carbons (Fsp3) is 0.571. The number of thiophene rings is 1. The Balaban J connectivity index is 2.67. The van der Waals surface area contributed by atoms with E-state index in [1.165, 1.54) is 11.3 Å². The number of unbranched alkanes of at least 4 members (excludes halogenated alkanes) is 2. The van der Waals surface area contributed by atoms with Crippen molar-refractivity contribution < 1.29 is 14.3 Å². The van der Waals surface area contributed by atoms with Crippen molar-refractivity contribution in [2.75, 3.05) is 11.9 Å². The normalized spacial score (nSPS) is 10.3. The van der Waals surface area contributed by atoms with Gasteiger partial charge in [0.15, 0.2) is 0 Å². The molecule has 0 saturated carbocycles. The van der Waals surface area contributed by atoms with Crippen molar-refractivity contribution in [1.29, 1.82) is 0 Å². The molecule has 1 N–H and O–H groups in total. The number of anilines is 1. The summed E-state index contributed by atoms with van der Waals surface area (Å²) in [6, 6.07) is 1.75. The molecule has 0 aliphatic rings. The van der Waals surface area contributed by atoms with E-state index in [9.17, 15) is 9.59 Å². The van der Waals surface area contributed by atoms with E-state index >= 15 is 0 Å². The number of rotatable bonds is 7. The van der Waals surface area contributed by atoms with Crippen molar-refractivity contribution >= 4 is 28.2 Å². The summed E-state index contributed by atoms with van der Waals surface area (Å²) in [6.07, 6.45) is 3.50. The first kappa shape index (κ1) is 15.7. The molecule has 0 saturated heterocycles. The molecule has 0 unspecified atom stereocenters. The predicted molar refractivity (Wildman–Crippen MR) is 77.8 cm³/mol. The quantitative estimate of drug-likeness (QED) is 0.612.